The van der Waals surface area contributed by atoms with E-state index in [2.05, 4.69) is 10.3 Å². The van der Waals surface area contributed by atoms with Crippen molar-refractivity contribution >= 4 is 34.8 Å². The number of carbonyl (C=O) groups excluding carboxylic acids is 1. The maximum Gasteiger partial charge on any atom is 0.355 e. The minimum absolute atomic E-state index is 0.00588. The fourth-order valence-electron chi connectivity index (χ4n) is 2.02. The van der Waals surface area contributed by atoms with Gasteiger partial charge in [-0.1, -0.05) is 11.6 Å². The van der Waals surface area contributed by atoms with Crippen molar-refractivity contribution in [2.24, 2.45) is 0 Å². The van der Waals surface area contributed by atoms with Crippen LogP contribution in [-0.4, -0.2) is 26.5 Å². The summed E-state index contributed by atoms with van der Waals surface area (Å²) in [6.07, 6.45) is 3.87. The Morgan fingerprint density at radius 1 is 1.52 bits per heavy atom. The number of nitrogens with zero attached hydrogens (tertiary/aromatic N) is 2. The van der Waals surface area contributed by atoms with Crippen molar-refractivity contribution in [1.29, 1.82) is 0 Å². The summed E-state index contributed by atoms with van der Waals surface area (Å²) in [7, 11) is 0. The number of rotatable bonds is 5. The fourth-order valence-corrected chi connectivity index (χ4v) is 2.94. The van der Waals surface area contributed by atoms with E-state index in [1.807, 2.05) is 4.57 Å². The predicted octanol–water partition coefficient (Wildman–Crippen LogP) is 2.56. The lowest BCUT2D eigenvalue weighted by Gasteiger charge is -2.07. The molecule has 0 aliphatic heterocycles. The first-order chi connectivity index (χ1) is 10.0. The Morgan fingerprint density at radius 2 is 2.29 bits per heavy atom. The van der Waals surface area contributed by atoms with Gasteiger partial charge in [-0.3, -0.25) is 4.79 Å². The molecule has 1 aliphatic rings. The molecule has 1 saturated carbocycles. The van der Waals surface area contributed by atoms with Crippen molar-refractivity contribution < 1.29 is 14.7 Å². The third-order valence-electron chi connectivity index (χ3n) is 3.16. The molecule has 8 heteroatoms. The number of aromatic nitrogens is 2. The molecule has 0 atom stereocenters. The first-order valence-electron chi connectivity index (χ1n) is 6.38. The van der Waals surface area contributed by atoms with E-state index in [1.54, 1.807) is 12.3 Å². The first kappa shape index (κ1) is 14.1. The standard InChI is InChI=1S/C13H12ClN3O3S/c14-7-3-10(17(5-7)8-1-2-8)12(18)15-4-11-16-9(6-21-11)13(19)20/h3,5-6,8H,1-2,4H2,(H,15,18)(H,19,20). The minimum atomic E-state index is -1.07. The van der Waals surface area contributed by atoms with Crippen LogP contribution < -0.4 is 5.32 Å². The fraction of sp³-hybridized carbons (Fsp3) is 0.308. The number of carboxylic acids is 1. The lowest BCUT2D eigenvalue weighted by Crippen LogP contribution is -2.25. The van der Waals surface area contributed by atoms with Crippen molar-refractivity contribution in [3.05, 3.63) is 39.1 Å². The zero-order valence-corrected chi connectivity index (χ0v) is 12.4. The number of carboxylic acid groups (broad SMARTS) is 1. The zero-order chi connectivity index (χ0) is 15.0. The second-order valence-electron chi connectivity index (χ2n) is 4.80. The van der Waals surface area contributed by atoms with E-state index in [1.165, 1.54) is 16.7 Å². The van der Waals surface area contributed by atoms with Gasteiger partial charge in [0, 0.05) is 17.6 Å². The van der Waals surface area contributed by atoms with E-state index < -0.39 is 5.97 Å². The number of amides is 1. The van der Waals surface area contributed by atoms with Gasteiger partial charge in [-0.25, -0.2) is 9.78 Å². The Morgan fingerprint density at radius 3 is 2.90 bits per heavy atom. The monoisotopic (exact) mass is 325 g/mol. The summed E-state index contributed by atoms with van der Waals surface area (Å²) in [5, 5.41) is 14.1. The summed E-state index contributed by atoms with van der Waals surface area (Å²) in [6, 6.07) is 2.00. The van der Waals surface area contributed by atoms with Crippen LogP contribution in [0.4, 0.5) is 0 Å². The topological polar surface area (TPSA) is 84.2 Å². The van der Waals surface area contributed by atoms with E-state index in [0.29, 0.717) is 21.8 Å². The molecular formula is C13H12ClN3O3S. The molecule has 2 N–H and O–H groups in total. The Kier molecular flexibility index (Phi) is 3.69. The smallest absolute Gasteiger partial charge is 0.355 e. The number of thiazole rings is 1. The molecule has 110 valence electrons. The Labute approximate surface area is 129 Å². The second kappa shape index (κ2) is 5.50. The van der Waals surface area contributed by atoms with Crippen LogP contribution in [0.1, 0.15) is 44.9 Å². The highest BCUT2D eigenvalue weighted by Crippen LogP contribution is 2.37. The normalized spacial score (nSPS) is 14.1. The summed E-state index contributed by atoms with van der Waals surface area (Å²) in [5.74, 6) is -1.31. The molecule has 3 rings (SSSR count). The van der Waals surface area contributed by atoms with Gasteiger partial charge in [-0.2, -0.15) is 0 Å². The van der Waals surface area contributed by atoms with Gasteiger partial charge < -0.3 is 15.0 Å². The van der Waals surface area contributed by atoms with E-state index in [0.717, 1.165) is 12.8 Å². The SMILES string of the molecule is O=C(O)c1csc(CNC(=O)c2cc(Cl)cn2C2CC2)n1. The largest absolute Gasteiger partial charge is 0.476 e. The third kappa shape index (κ3) is 3.08. The van der Waals surface area contributed by atoms with Gasteiger partial charge in [0.2, 0.25) is 0 Å². The van der Waals surface area contributed by atoms with Crippen LogP contribution >= 0.6 is 22.9 Å². The van der Waals surface area contributed by atoms with Gasteiger partial charge in [0.25, 0.3) is 5.91 Å². The lowest BCUT2D eigenvalue weighted by atomic mass is 10.4. The molecule has 1 aliphatic carbocycles. The average molecular weight is 326 g/mol. The molecule has 2 aromatic rings. The molecule has 0 unspecified atom stereocenters. The minimum Gasteiger partial charge on any atom is -0.476 e. The molecule has 1 amide bonds. The van der Waals surface area contributed by atoms with E-state index in [4.69, 9.17) is 16.7 Å². The highest BCUT2D eigenvalue weighted by molar-refractivity contribution is 7.09. The van der Waals surface area contributed by atoms with Gasteiger partial charge in [0.05, 0.1) is 11.6 Å². The third-order valence-corrected chi connectivity index (χ3v) is 4.21. The number of halogens is 1. The van der Waals surface area contributed by atoms with Crippen molar-refractivity contribution in [3.8, 4) is 0 Å². The molecule has 0 radical (unpaired) electrons. The molecule has 1 fully saturated rings. The summed E-state index contributed by atoms with van der Waals surface area (Å²) in [5.41, 5.74) is 0.520. The molecule has 2 heterocycles. The molecule has 0 saturated heterocycles. The van der Waals surface area contributed by atoms with Crippen molar-refractivity contribution in [2.45, 2.75) is 25.4 Å². The predicted molar refractivity (Wildman–Crippen MR) is 78.0 cm³/mol. The highest BCUT2D eigenvalue weighted by atomic mass is 35.5. The second-order valence-corrected chi connectivity index (χ2v) is 6.18. The van der Waals surface area contributed by atoms with Crippen LogP contribution in [0.3, 0.4) is 0 Å². The van der Waals surface area contributed by atoms with Gasteiger partial charge >= 0.3 is 5.97 Å². The molecule has 6 nitrogen and oxygen atoms in total. The quantitative estimate of drug-likeness (QED) is 0.884. The molecule has 21 heavy (non-hydrogen) atoms. The van der Waals surface area contributed by atoms with Crippen LogP contribution in [0.2, 0.25) is 5.02 Å². The van der Waals surface area contributed by atoms with Crippen LogP contribution in [0.25, 0.3) is 0 Å². The summed E-state index contributed by atoms with van der Waals surface area (Å²) in [6.45, 7) is 0.199. The Hall–Kier alpha value is -1.86. The number of hydrogen-bond acceptors (Lipinski definition) is 4. The molecule has 0 spiro atoms. The van der Waals surface area contributed by atoms with Crippen LogP contribution in [-0.2, 0) is 6.54 Å². The molecular weight excluding hydrogens is 314 g/mol. The Balaban J connectivity index is 1.67. The lowest BCUT2D eigenvalue weighted by molar-refractivity contribution is 0.0691. The van der Waals surface area contributed by atoms with Crippen LogP contribution in [0.15, 0.2) is 17.6 Å². The summed E-state index contributed by atoms with van der Waals surface area (Å²) >= 11 is 7.16. The molecule has 0 bridgehead atoms. The Bertz CT molecular complexity index is 705. The van der Waals surface area contributed by atoms with Gasteiger partial charge in [0.1, 0.15) is 10.7 Å². The number of nitrogens with one attached hydrogen (secondary N) is 1. The summed E-state index contributed by atoms with van der Waals surface area (Å²) < 4.78 is 1.89. The van der Waals surface area contributed by atoms with Crippen LogP contribution in [0.5, 0.6) is 0 Å². The number of aromatic carboxylic acids is 1. The molecule has 0 aromatic carbocycles. The van der Waals surface area contributed by atoms with Crippen LogP contribution in [0, 0.1) is 0 Å². The summed E-state index contributed by atoms with van der Waals surface area (Å²) in [4.78, 5) is 26.9. The van der Waals surface area contributed by atoms with Gasteiger partial charge in [-0.05, 0) is 18.9 Å². The number of carbonyl (C=O) groups is 2. The van der Waals surface area contributed by atoms with Gasteiger partial charge in [0.15, 0.2) is 5.69 Å². The highest BCUT2D eigenvalue weighted by Gasteiger charge is 2.27. The maximum absolute atomic E-state index is 12.2. The van der Waals surface area contributed by atoms with E-state index in [9.17, 15) is 9.59 Å². The van der Waals surface area contributed by atoms with E-state index in [-0.39, 0.29) is 18.1 Å². The van der Waals surface area contributed by atoms with Crippen molar-refractivity contribution in [3.63, 3.8) is 0 Å². The number of hydrogen-bond donors (Lipinski definition) is 2. The molecule has 2 aromatic heterocycles. The first-order valence-corrected chi connectivity index (χ1v) is 7.63. The van der Waals surface area contributed by atoms with Crippen molar-refractivity contribution in [1.82, 2.24) is 14.9 Å². The average Bonchev–Trinajstić information content (AvgIpc) is 3.04. The van der Waals surface area contributed by atoms with Crippen molar-refractivity contribution in [2.75, 3.05) is 0 Å². The zero-order valence-electron chi connectivity index (χ0n) is 10.9. The van der Waals surface area contributed by atoms with Gasteiger partial charge in [-0.15, -0.1) is 11.3 Å². The van der Waals surface area contributed by atoms with E-state index >= 15 is 0 Å². The maximum atomic E-state index is 12.2.